The van der Waals surface area contributed by atoms with E-state index in [1.807, 2.05) is 30.7 Å². The lowest BCUT2D eigenvalue weighted by Gasteiger charge is -2.00. The van der Waals surface area contributed by atoms with Crippen LogP contribution in [0, 0.1) is 6.92 Å². The molecule has 0 aliphatic rings. The Kier molecular flexibility index (Phi) is 3.19. The first kappa shape index (κ1) is 13.1. The van der Waals surface area contributed by atoms with Crippen LogP contribution in [0.1, 0.15) is 16.1 Å². The molecule has 1 amide bonds. The molecular weight excluding hydrogens is 298 g/mol. The van der Waals surface area contributed by atoms with Crippen molar-refractivity contribution in [3.05, 3.63) is 45.5 Å². The van der Waals surface area contributed by atoms with Gasteiger partial charge in [-0.1, -0.05) is 34.2 Å². The molecule has 7 heteroatoms. The predicted octanol–water partition coefficient (Wildman–Crippen LogP) is 2.93. The number of aryl methyl sites for hydroxylation is 2. The molecule has 0 radical (unpaired) electrons. The molecule has 5 nitrogen and oxygen atoms in total. The Labute approximate surface area is 123 Å². The van der Waals surface area contributed by atoms with E-state index in [-0.39, 0.29) is 5.76 Å². The molecule has 0 atom stereocenters. The lowest BCUT2D eigenvalue weighted by atomic mass is 10.2. The van der Waals surface area contributed by atoms with Gasteiger partial charge in [0.05, 0.1) is 21.4 Å². The van der Waals surface area contributed by atoms with Gasteiger partial charge in [-0.05, 0) is 18.6 Å². The summed E-state index contributed by atoms with van der Waals surface area (Å²) in [7, 11) is 1.86. The second-order valence-corrected chi connectivity index (χ2v) is 5.66. The first-order valence-corrected chi connectivity index (χ1v) is 7.02. The van der Waals surface area contributed by atoms with Crippen LogP contribution in [0.25, 0.3) is 10.2 Å². The van der Waals surface area contributed by atoms with E-state index in [4.69, 9.17) is 16.1 Å². The average Bonchev–Trinajstić information content (AvgIpc) is 3.04. The van der Waals surface area contributed by atoms with Crippen molar-refractivity contribution in [3.8, 4) is 0 Å². The molecule has 2 aromatic heterocycles. The monoisotopic (exact) mass is 307 g/mol. The summed E-state index contributed by atoms with van der Waals surface area (Å²) in [6.45, 7) is 1.99. The zero-order valence-electron chi connectivity index (χ0n) is 10.8. The molecule has 0 N–H and O–H groups in total. The average molecular weight is 308 g/mol. The summed E-state index contributed by atoms with van der Waals surface area (Å²) in [6, 6.07) is 5.27. The van der Waals surface area contributed by atoms with Gasteiger partial charge in [0, 0.05) is 13.1 Å². The highest BCUT2D eigenvalue weighted by atomic mass is 35.5. The first-order chi connectivity index (χ1) is 9.58. The van der Waals surface area contributed by atoms with E-state index in [1.54, 1.807) is 0 Å². The molecule has 3 rings (SSSR count). The second-order valence-electron chi connectivity index (χ2n) is 4.28. The highest BCUT2D eigenvalue weighted by Crippen LogP contribution is 2.28. The van der Waals surface area contributed by atoms with Crippen LogP contribution in [0.5, 0.6) is 0 Å². The third-order valence-corrected chi connectivity index (χ3v) is 4.54. The topological polar surface area (TPSA) is 60.4 Å². The third kappa shape index (κ3) is 2.07. The molecule has 0 spiro atoms. The summed E-state index contributed by atoms with van der Waals surface area (Å²) in [5.74, 6) is -0.344. The van der Waals surface area contributed by atoms with Gasteiger partial charge in [-0.15, -0.1) is 0 Å². The lowest BCUT2D eigenvalue weighted by Crippen LogP contribution is -2.13. The number of fused-ring (bicyclic) bond motifs is 1. The Hall–Kier alpha value is -1.92. The van der Waals surface area contributed by atoms with Crippen molar-refractivity contribution in [2.75, 3.05) is 0 Å². The highest BCUT2D eigenvalue weighted by Gasteiger charge is 2.12. The van der Waals surface area contributed by atoms with Crippen LogP contribution in [-0.2, 0) is 7.05 Å². The molecule has 0 aliphatic carbocycles. The summed E-state index contributed by atoms with van der Waals surface area (Å²) >= 11 is 7.56. The molecule has 102 valence electrons. The van der Waals surface area contributed by atoms with Crippen molar-refractivity contribution in [1.29, 1.82) is 0 Å². The van der Waals surface area contributed by atoms with Crippen molar-refractivity contribution in [1.82, 2.24) is 9.72 Å². The fourth-order valence-electron chi connectivity index (χ4n) is 1.98. The van der Waals surface area contributed by atoms with Gasteiger partial charge in [0.25, 0.3) is 0 Å². The van der Waals surface area contributed by atoms with E-state index < -0.39 is 5.91 Å². The van der Waals surface area contributed by atoms with Crippen LogP contribution in [0.15, 0.2) is 33.9 Å². The van der Waals surface area contributed by atoms with Gasteiger partial charge >= 0.3 is 5.91 Å². The zero-order chi connectivity index (χ0) is 14.3. The zero-order valence-corrected chi connectivity index (χ0v) is 12.3. The van der Waals surface area contributed by atoms with Crippen molar-refractivity contribution in [2.24, 2.45) is 12.0 Å². The quantitative estimate of drug-likeness (QED) is 0.694. The Balaban J connectivity index is 2.23. The number of aromatic nitrogens is 2. The summed E-state index contributed by atoms with van der Waals surface area (Å²) in [6.07, 6.45) is 1.41. The van der Waals surface area contributed by atoms with Crippen LogP contribution in [0.4, 0.5) is 0 Å². The van der Waals surface area contributed by atoms with Gasteiger partial charge < -0.3 is 9.09 Å². The highest BCUT2D eigenvalue weighted by molar-refractivity contribution is 7.17. The Morgan fingerprint density at radius 1 is 1.45 bits per heavy atom. The summed E-state index contributed by atoms with van der Waals surface area (Å²) in [5, 5.41) is 4.15. The van der Waals surface area contributed by atoms with Crippen LogP contribution < -0.4 is 4.80 Å². The minimum atomic E-state index is -0.460. The molecule has 0 bridgehead atoms. The number of hydrogen-bond acceptors (Lipinski definition) is 4. The minimum absolute atomic E-state index is 0.116. The number of carbonyl (C=O) groups is 1. The fourth-order valence-corrected chi connectivity index (χ4v) is 3.35. The molecule has 20 heavy (non-hydrogen) atoms. The van der Waals surface area contributed by atoms with Gasteiger partial charge in [-0.3, -0.25) is 4.79 Å². The van der Waals surface area contributed by atoms with Gasteiger partial charge in [-0.2, -0.15) is 4.99 Å². The summed E-state index contributed by atoms with van der Waals surface area (Å²) in [4.78, 5) is 16.6. The SMILES string of the molecule is Cc1ccc(Cl)c2sc(=NC(=O)c3ccno3)n(C)c12. The van der Waals surface area contributed by atoms with E-state index in [9.17, 15) is 4.79 Å². The van der Waals surface area contributed by atoms with Gasteiger partial charge in [0.15, 0.2) is 4.80 Å². The molecule has 0 fully saturated rings. The standard InChI is InChI=1S/C13H10ClN3O2S/c1-7-3-4-8(14)11-10(7)17(2)13(20-11)16-12(18)9-5-6-15-19-9/h3-6H,1-2H3. The molecule has 2 heterocycles. The molecule has 0 unspecified atom stereocenters. The number of hydrogen-bond donors (Lipinski definition) is 0. The molecule has 0 saturated heterocycles. The maximum Gasteiger partial charge on any atom is 0.318 e. The maximum atomic E-state index is 11.9. The number of thiazole rings is 1. The van der Waals surface area contributed by atoms with E-state index >= 15 is 0 Å². The van der Waals surface area contributed by atoms with E-state index in [0.717, 1.165) is 15.8 Å². The number of carbonyl (C=O) groups excluding carboxylic acids is 1. The third-order valence-electron chi connectivity index (χ3n) is 2.95. The van der Waals surface area contributed by atoms with Gasteiger partial charge in [0.2, 0.25) is 5.76 Å². The van der Waals surface area contributed by atoms with Crippen molar-refractivity contribution >= 4 is 39.1 Å². The van der Waals surface area contributed by atoms with Crippen molar-refractivity contribution in [2.45, 2.75) is 6.92 Å². The Bertz CT molecular complexity index is 862. The van der Waals surface area contributed by atoms with Crippen LogP contribution >= 0.6 is 22.9 Å². The molecule has 3 aromatic rings. The Morgan fingerprint density at radius 2 is 2.25 bits per heavy atom. The Morgan fingerprint density at radius 3 is 2.90 bits per heavy atom. The molecule has 1 aromatic carbocycles. The number of nitrogens with zero attached hydrogens (tertiary/aromatic N) is 3. The van der Waals surface area contributed by atoms with Crippen LogP contribution in [-0.4, -0.2) is 15.6 Å². The maximum absolute atomic E-state index is 11.9. The smallest absolute Gasteiger partial charge is 0.318 e. The van der Waals surface area contributed by atoms with E-state index in [0.29, 0.717) is 9.82 Å². The van der Waals surface area contributed by atoms with Crippen LogP contribution in [0.2, 0.25) is 5.02 Å². The number of rotatable bonds is 1. The lowest BCUT2D eigenvalue weighted by molar-refractivity contribution is 0.0962. The van der Waals surface area contributed by atoms with Gasteiger partial charge in [0.1, 0.15) is 0 Å². The molecule has 0 saturated carbocycles. The summed E-state index contributed by atoms with van der Waals surface area (Å²) in [5.41, 5.74) is 2.06. The molecule has 0 aliphatic heterocycles. The normalized spacial score (nSPS) is 12.2. The largest absolute Gasteiger partial charge is 0.351 e. The van der Waals surface area contributed by atoms with E-state index in [1.165, 1.54) is 23.6 Å². The number of amides is 1. The number of halogens is 1. The predicted molar refractivity (Wildman–Crippen MR) is 76.9 cm³/mol. The van der Waals surface area contributed by atoms with Crippen molar-refractivity contribution < 1.29 is 9.32 Å². The van der Waals surface area contributed by atoms with Crippen molar-refractivity contribution in [3.63, 3.8) is 0 Å². The van der Waals surface area contributed by atoms with Crippen LogP contribution in [0.3, 0.4) is 0 Å². The van der Waals surface area contributed by atoms with Gasteiger partial charge in [-0.25, -0.2) is 0 Å². The second kappa shape index (κ2) is 4.88. The fraction of sp³-hybridized carbons (Fsp3) is 0.154. The first-order valence-electron chi connectivity index (χ1n) is 5.82. The summed E-state index contributed by atoms with van der Waals surface area (Å²) < 4.78 is 7.58. The minimum Gasteiger partial charge on any atom is -0.351 e. The van der Waals surface area contributed by atoms with E-state index in [2.05, 4.69) is 10.1 Å². The number of benzene rings is 1. The molecular formula is C13H10ClN3O2S.